The van der Waals surface area contributed by atoms with Crippen LogP contribution in [0.25, 0.3) is 0 Å². The Morgan fingerprint density at radius 1 is 1.28 bits per heavy atom. The number of rotatable bonds is 4. The monoisotopic (exact) mass is 261 g/mol. The summed E-state index contributed by atoms with van der Waals surface area (Å²) in [6.07, 6.45) is 0. The Bertz CT molecular complexity index is 496. The van der Waals surface area contributed by atoms with Gasteiger partial charge in [-0.25, -0.2) is 0 Å². The Hall–Kier alpha value is -1.32. The van der Waals surface area contributed by atoms with Gasteiger partial charge in [0.1, 0.15) is 5.75 Å². The summed E-state index contributed by atoms with van der Waals surface area (Å²) >= 11 is 1.77. The van der Waals surface area contributed by atoms with Crippen molar-refractivity contribution < 1.29 is 5.11 Å². The van der Waals surface area contributed by atoms with Crippen LogP contribution in [0.5, 0.6) is 5.75 Å². The van der Waals surface area contributed by atoms with Gasteiger partial charge in [0.15, 0.2) is 0 Å². The highest BCUT2D eigenvalue weighted by Crippen LogP contribution is 2.24. The maximum Gasteiger partial charge on any atom is 0.121 e. The van der Waals surface area contributed by atoms with Crippen molar-refractivity contribution in [1.29, 1.82) is 0 Å². The average Bonchev–Trinajstić information content (AvgIpc) is 2.86. The van der Waals surface area contributed by atoms with Crippen LogP contribution in [-0.2, 0) is 6.54 Å². The average molecular weight is 261 g/mol. The summed E-state index contributed by atoms with van der Waals surface area (Å²) < 4.78 is 0. The van der Waals surface area contributed by atoms with E-state index in [2.05, 4.69) is 29.8 Å². The van der Waals surface area contributed by atoms with E-state index >= 15 is 0 Å². The number of aromatic hydroxyl groups is 1. The van der Waals surface area contributed by atoms with Crippen molar-refractivity contribution in [3.05, 3.63) is 51.2 Å². The van der Waals surface area contributed by atoms with E-state index in [1.165, 1.54) is 10.4 Å². The Labute approximate surface area is 112 Å². The van der Waals surface area contributed by atoms with Crippen molar-refractivity contribution in [2.24, 2.45) is 0 Å². The second-order valence-electron chi connectivity index (χ2n) is 4.70. The van der Waals surface area contributed by atoms with Gasteiger partial charge < -0.3 is 10.4 Å². The third-order valence-electron chi connectivity index (χ3n) is 3.13. The minimum atomic E-state index is 0.361. The molecule has 2 nitrogen and oxygen atoms in total. The van der Waals surface area contributed by atoms with E-state index in [9.17, 15) is 5.11 Å². The SMILES string of the molecule is Cc1cc(CN[C@@H](C)c2cccs2)cc(C)c1O. The third-order valence-corrected chi connectivity index (χ3v) is 4.19. The molecule has 1 heterocycles. The van der Waals surface area contributed by atoms with E-state index in [1.807, 2.05) is 26.0 Å². The quantitative estimate of drug-likeness (QED) is 0.874. The Kier molecular flexibility index (Phi) is 4.04. The normalized spacial score (nSPS) is 12.6. The van der Waals surface area contributed by atoms with Gasteiger partial charge in [-0.1, -0.05) is 18.2 Å². The highest BCUT2D eigenvalue weighted by atomic mass is 32.1. The zero-order valence-electron chi connectivity index (χ0n) is 11.0. The first-order valence-electron chi connectivity index (χ1n) is 6.14. The van der Waals surface area contributed by atoms with Crippen LogP contribution < -0.4 is 5.32 Å². The van der Waals surface area contributed by atoms with Crippen LogP contribution in [0.4, 0.5) is 0 Å². The standard InChI is InChI=1S/C15H19NOS/c1-10-7-13(8-11(2)15(10)17)9-16-12(3)14-5-4-6-18-14/h4-8,12,16-17H,9H2,1-3H3/t12-/m0/s1. The van der Waals surface area contributed by atoms with E-state index < -0.39 is 0 Å². The molecule has 0 spiro atoms. The molecule has 0 aliphatic rings. The first-order chi connectivity index (χ1) is 8.58. The molecule has 0 saturated carbocycles. The molecule has 0 radical (unpaired) electrons. The number of nitrogens with one attached hydrogen (secondary N) is 1. The van der Waals surface area contributed by atoms with Crippen LogP contribution in [0.2, 0.25) is 0 Å². The van der Waals surface area contributed by atoms with E-state index in [1.54, 1.807) is 11.3 Å². The second-order valence-corrected chi connectivity index (χ2v) is 5.68. The fourth-order valence-electron chi connectivity index (χ4n) is 2.06. The van der Waals surface area contributed by atoms with E-state index in [-0.39, 0.29) is 0 Å². The van der Waals surface area contributed by atoms with Crippen LogP contribution in [-0.4, -0.2) is 5.11 Å². The summed E-state index contributed by atoms with van der Waals surface area (Å²) in [6.45, 7) is 6.87. The number of aryl methyl sites for hydroxylation is 2. The molecule has 96 valence electrons. The first-order valence-corrected chi connectivity index (χ1v) is 7.01. The third kappa shape index (κ3) is 2.92. The largest absolute Gasteiger partial charge is 0.507 e. The lowest BCUT2D eigenvalue weighted by Crippen LogP contribution is -2.17. The molecule has 0 amide bonds. The van der Waals surface area contributed by atoms with Gasteiger partial charge in [0.05, 0.1) is 0 Å². The molecule has 0 aliphatic carbocycles. The Balaban J connectivity index is 2.02. The van der Waals surface area contributed by atoms with Crippen LogP contribution in [0.1, 0.15) is 34.5 Å². The number of phenols is 1. The highest BCUT2D eigenvalue weighted by Gasteiger charge is 2.07. The fourth-order valence-corrected chi connectivity index (χ4v) is 2.82. The number of benzene rings is 1. The summed E-state index contributed by atoms with van der Waals surface area (Å²) in [5.74, 6) is 0.407. The molecule has 0 fully saturated rings. The number of thiophene rings is 1. The summed E-state index contributed by atoms with van der Waals surface area (Å²) in [4.78, 5) is 1.35. The Morgan fingerprint density at radius 2 is 1.94 bits per heavy atom. The molecule has 2 rings (SSSR count). The van der Waals surface area contributed by atoms with E-state index in [4.69, 9.17) is 0 Å². The predicted molar refractivity (Wildman–Crippen MR) is 77.2 cm³/mol. The molecule has 2 aromatic rings. The van der Waals surface area contributed by atoms with Gasteiger partial charge in [-0.05, 0) is 48.9 Å². The molecule has 0 saturated heterocycles. The van der Waals surface area contributed by atoms with E-state index in [0.717, 1.165) is 17.7 Å². The summed E-state index contributed by atoms with van der Waals surface area (Å²) in [7, 11) is 0. The first kappa shape index (κ1) is 13.1. The topological polar surface area (TPSA) is 32.3 Å². The molecule has 18 heavy (non-hydrogen) atoms. The van der Waals surface area contributed by atoms with Crippen molar-refractivity contribution in [3.8, 4) is 5.75 Å². The van der Waals surface area contributed by atoms with Crippen LogP contribution in [0.3, 0.4) is 0 Å². The molecule has 0 bridgehead atoms. The number of hydrogen-bond donors (Lipinski definition) is 2. The van der Waals surface area contributed by atoms with Crippen molar-refractivity contribution in [1.82, 2.24) is 5.32 Å². The minimum Gasteiger partial charge on any atom is -0.507 e. The maximum atomic E-state index is 9.74. The second kappa shape index (κ2) is 5.55. The van der Waals surface area contributed by atoms with Gasteiger partial charge in [0, 0.05) is 17.5 Å². The van der Waals surface area contributed by atoms with Gasteiger partial charge in [0.2, 0.25) is 0 Å². The molecule has 0 unspecified atom stereocenters. The zero-order valence-corrected chi connectivity index (χ0v) is 11.8. The molecular weight excluding hydrogens is 242 g/mol. The van der Waals surface area contributed by atoms with Crippen molar-refractivity contribution >= 4 is 11.3 Å². The molecule has 3 heteroatoms. The van der Waals surface area contributed by atoms with E-state index in [0.29, 0.717) is 11.8 Å². The Morgan fingerprint density at radius 3 is 2.50 bits per heavy atom. The van der Waals surface area contributed by atoms with Crippen LogP contribution in [0, 0.1) is 13.8 Å². The summed E-state index contributed by atoms with van der Waals surface area (Å²) in [5.41, 5.74) is 3.09. The molecular formula is C15H19NOS. The van der Waals surface area contributed by atoms with Crippen molar-refractivity contribution in [2.75, 3.05) is 0 Å². The molecule has 1 aromatic carbocycles. The molecule has 1 atom stereocenters. The summed E-state index contributed by atoms with van der Waals surface area (Å²) in [6, 6.07) is 8.66. The smallest absolute Gasteiger partial charge is 0.121 e. The highest BCUT2D eigenvalue weighted by molar-refractivity contribution is 7.10. The zero-order chi connectivity index (χ0) is 13.1. The lowest BCUT2D eigenvalue weighted by atomic mass is 10.1. The van der Waals surface area contributed by atoms with Gasteiger partial charge in [0.25, 0.3) is 0 Å². The van der Waals surface area contributed by atoms with Gasteiger partial charge >= 0.3 is 0 Å². The molecule has 2 N–H and O–H groups in total. The number of hydrogen-bond acceptors (Lipinski definition) is 3. The van der Waals surface area contributed by atoms with Gasteiger partial charge in [-0.3, -0.25) is 0 Å². The fraction of sp³-hybridized carbons (Fsp3) is 0.333. The van der Waals surface area contributed by atoms with Crippen molar-refractivity contribution in [2.45, 2.75) is 33.4 Å². The predicted octanol–water partition coefficient (Wildman–Crippen LogP) is 3.92. The van der Waals surface area contributed by atoms with Crippen molar-refractivity contribution in [3.63, 3.8) is 0 Å². The maximum absolute atomic E-state index is 9.74. The molecule has 1 aromatic heterocycles. The minimum absolute atomic E-state index is 0.361. The van der Waals surface area contributed by atoms with Crippen LogP contribution >= 0.6 is 11.3 Å². The summed E-state index contributed by atoms with van der Waals surface area (Å²) in [5, 5.41) is 15.3. The number of phenolic OH excluding ortho intramolecular Hbond substituents is 1. The van der Waals surface area contributed by atoms with Gasteiger partial charge in [-0.15, -0.1) is 11.3 Å². The van der Waals surface area contributed by atoms with Crippen LogP contribution in [0.15, 0.2) is 29.6 Å². The lowest BCUT2D eigenvalue weighted by molar-refractivity contribution is 0.466. The molecule has 0 aliphatic heterocycles. The van der Waals surface area contributed by atoms with Gasteiger partial charge in [-0.2, -0.15) is 0 Å². The lowest BCUT2D eigenvalue weighted by Gasteiger charge is -2.13.